The second-order valence-electron chi connectivity index (χ2n) is 12.9. The monoisotopic (exact) mass is 582 g/mol. The van der Waals surface area contributed by atoms with Crippen molar-refractivity contribution in [3.63, 3.8) is 0 Å². The predicted molar refractivity (Wildman–Crippen MR) is 163 cm³/mol. The van der Waals surface area contributed by atoms with Gasteiger partial charge in [-0.05, 0) is 41.9 Å². The number of aliphatic hydroxyl groups is 4. The third-order valence-corrected chi connectivity index (χ3v) is 6.82. The zero-order valence-corrected chi connectivity index (χ0v) is 25.5. The number of benzene rings is 2. The SMILES string of the molecule is CC(C)(C)/C=C(/C(=O)OCCCC(O)C(O)CC(O)C(O)COc1ccc2cc(-c3ccccc3)oc2c1)C(C)(C)C. The molecule has 0 aliphatic rings. The van der Waals surface area contributed by atoms with Crippen LogP contribution in [0.3, 0.4) is 0 Å². The number of allylic oxidation sites excluding steroid dienone is 1. The summed E-state index contributed by atoms with van der Waals surface area (Å²) < 4.78 is 17.0. The maximum Gasteiger partial charge on any atom is 0.334 e. The molecule has 2 aromatic carbocycles. The zero-order valence-electron chi connectivity index (χ0n) is 25.5. The number of carbonyl (C=O) groups excluding carboxylic acids is 1. The van der Waals surface area contributed by atoms with E-state index in [-0.39, 0.29) is 36.9 Å². The number of aliphatic hydroxyl groups excluding tert-OH is 4. The first-order chi connectivity index (χ1) is 19.6. The highest BCUT2D eigenvalue weighted by molar-refractivity contribution is 5.90. The lowest BCUT2D eigenvalue weighted by atomic mass is 9.81. The fourth-order valence-corrected chi connectivity index (χ4v) is 4.44. The molecule has 3 aromatic rings. The Kier molecular flexibility index (Phi) is 11.4. The quantitative estimate of drug-likeness (QED) is 0.116. The summed E-state index contributed by atoms with van der Waals surface area (Å²) in [4.78, 5) is 12.7. The lowest BCUT2D eigenvalue weighted by molar-refractivity contribution is -0.140. The predicted octanol–water partition coefficient (Wildman–Crippen LogP) is 5.65. The van der Waals surface area contributed by atoms with Crippen LogP contribution >= 0.6 is 0 Å². The van der Waals surface area contributed by atoms with E-state index in [0.717, 1.165) is 16.7 Å². The molecule has 0 aliphatic carbocycles. The Bertz CT molecular complexity index is 1310. The summed E-state index contributed by atoms with van der Waals surface area (Å²) in [5, 5.41) is 42.4. The summed E-state index contributed by atoms with van der Waals surface area (Å²) in [5.41, 5.74) is 1.62. The first-order valence-corrected chi connectivity index (χ1v) is 14.5. The minimum Gasteiger partial charge on any atom is -0.491 e. The molecule has 8 nitrogen and oxygen atoms in total. The molecule has 0 radical (unpaired) electrons. The Morgan fingerprint density at radius 1 is 0.881 bits per heavy atom. The summed E-state index contributed by atoms with van der Waals surface area (Å²) in [6.45, 7) is 11.8. The van der Waals surface area contributed by atoms with Gasteiger partial charge in [-0.1, -0.05) is 78.0 Å². The van der Waals surface area contributed by atoms with Gasteiger partial charge in [0.15, 0.2) is 0 Å². The Morgan fingerprint density at radius 3 is 2.19 bits per heavy atom. The van der Waals surface area contributed by atoms with Crippen molar-refractivity contribution in [3.8, 4) is 17.1 Å². The molecule has 1 heterocycles. The van der Waals surface area contributed by atoms with Gasteiger partial charge in [0, 0.05) is 29.0 Å². The molecule has 3 rings (SSSR count). The van der Waals surface area contributed by atoms with Gasteiger partial charge in [-0.15, -0.1) is 0 Å². The molecule has 0 bridgehead atoms. The van der Waals surface area contributed by atoms with Crippen LogP contribution in [-0.4, -0.2) is 64.0 Å². The van der Waals surface area contributed by atoms with Gasteiger partial charge < -0.3 is 34.3 Å². The molecule has 0 saturated heterocycles. The molecule has 0 amide bonds. The van der Waals surface area contributed by atoms with Crippen LogP contribution in [0, 0.1) is 10.8 Å². The normalized spacial score (nSPS) is 15.7. The first kappa shape index (κ1) is 33.3. The molecule has 8 heteroatoms. The molecule has 0 saturated carbocycles. The molecular formula is C34H46O8. The lowest BCUT2D eigenvalue weighted by Gasteiger charge is -2.25. The highest BCUT2D eigenvalue weighted by atomic mass is 16.5. The average molecular weight is 583 g/mol. The number of furan rings is 1. The van der Waals surface area contributed by atoms with Gasteiger partial charge in [-0.3, -0.25) is 0 Å². The van der Waals surface area contributed by atoms with Crippen molar-refractivity contribution in [2.24, 2.45) is 10.8 Å². The summed E-state index contributed by atoms with van der Waals surface area (Å²) >= 11 is 0. The van der Waals surface area contributed by atoms with Crippen molar-refractivity contribution in [2.45, 2.75) is 85.2 Å². The van der Waals surface area contributed by atoms with E-state index >= 15 is 0 Å². The minimum atomic E-state index is -1.32. The van der Waals surface area contributed by atoms with Crippen molar-refractivity contribution in [3.05, 3.63) is 66.2 Å². The largest absolute Gasteiger partial charge is 0.491 e. The van der Waals surface area contributed by atoms with Crippen molar-refractivity contribution in [2.75, 3.05) is 13.2 Å². The van der Waals surface area contributed by atoms with E-state index in [1.807, 2.05) is 90.1 Å². The maximum atomic E-state index is 12.7. The van der Waals surface area contributed by atoms with Crippen molar-refractivity contribution in [1.82, 2.24) is 0 Å². The first-order valence-electron chi connectivity index (χ1n) is 14.5. The van der Waals surface area contributed by atoms with Crippen LogP contribution in [-0.2, 0) is 9.53 Å². The highest BCUT2D eigenvalue weighted by Gasteiger charge is 2.28. The van der Waals surface area contributed by atoms with Crippen LogP contribution < -0.4 is 4.74 Å². The second kappa shape index (κ2) is 14.3. The lowest BCUT2D eigenvalue weighted by Crippen LogP contribution is -2.38. The van der Waals surface area contributed by atoms with Crippen molar-refractivity contribution in [1.29, 1.82) is 0 Å². The molecule has 4 N–H and O–H groups in total. The smallest absolute Gasteiger partial charge is 0.334 e. The van der Waals surface area contributed by atoms with E-state index in [4.69, 9.17) is 13.9 Å². The number of ether oxygens (including phenoxy) is 2. The molecule has 0 spiro atoms. The maximum absolute atomic E-state index is 12.7. The summed E-state index contributed by atoms with van der Waals surface area (Å²) in [6, 6.07) is 17.0. The third-order valence-electron chi connectivity index (χ3n) is 6.82. The van der Waals surface area contributed by atoms with Crippen molar-refractivity contribution < 1.29 is 39.1 Å². The van der Waals surface area contributed by atoms with Gasteiger partial charge in [0.05, 0.1) is 24.9 Å². The molecule has 0 aliphatic heterocycles. The van der Waals surface area contributed by atoms with Crippen LogP contribution in [0.15, 0.2) is 70.7 Å². The van der Waals surface area contributed by atoms with E-state index in [1.54, 1.807) is 12.1 Å². The number of esters is 1. The van der Waals surface area contributed by atoms with Gasteiger partial charge in [-0.25, -0.2) is 4.79 Å². The number of hydrogen-bond donors (Lipinski definition) is 4. The van der Waals surface area contributed by atoms with Crippen LogP contribution in [0.1, 0.15) is 60.8 Å². The molecule has 4 unspecified atom stereocenters. The van der Waals surface area contributed by atoms with Gasteiger partial charge >= 0.3 is 5.97 Å². The minimum absolute atomic E-state index is 0.0893. The van der Waals surface area contributed by atoms with E-state index in [1.165, 1.54) is 0 Å². The molecule has 1 aromatic heterocycles. The highest BCUT2D eigenvalue weighted by Crippen LogP contribution is 2.32. The summed E-state index contributed by atoms with van der Waals surface area (Å²) in [5.74, 6) is 0.801. The van der Waals surface area contributed by atoms with E-state index in [0.29, 0.717) is 23.3 Å². The van der Waals surface area contributed by atoms with Crippen molar-refractivity contribution >= 4 is 16.9 Å². The number of fused-ring (bicyclic) bond motifs is 1. The Hall–Kier alpha value is -3.17. The fraction of sp³-hybridized carbons (Fsp3) is 0.500. The van der Waals surface area contributed by atoms with Gasteiger partial charge in [0.25, 0.3) is 0 Å². The average Bonchev–Trinajstić information content (AvgIpc) is 3.35. The van der Waals surface area contributed by atoms with Gasteiger partial charge in [0.1, 0.15) is 29.8 Å². The summed E-state index contributed by atoms with van der Waals surface area (Å²) in [6.07, 6.45) is -2.86. The van der Waals surface area contributed by atoms with Crippen LogP contribution in [0.2, 0.25) is 0 Å². The fourth-order valence-electron chi connectivity index (χ4n) is 4.44. The number of carbonyl (C=O) groups is 1. The van der Waals surface area contributed by atoms with Gasteiger partial charge in [0.2, 0.25) is 0 Å². The Balaban J connectivity index is 1.43. The Morgan fingerprint density at radius 2 is 1.55 bits per heavy atom. The second-order valence-corrected chi connectivity index (χ2v) is 12.9. The van der Waals surface area contributed by atoms with Crippen LogP contribution in [0.4, 0.5) is 0 Å². The number of hydrogen-bond acceptors (Lipinski definition) is 8. The van der Waals surface area contributed by atoms with Gasteiger partial charge in [-0.2, -0.15) is 0 Å². The standard InChI is InChI=1S/C34H46O8/c1-33(2,3)20-25(34(4,5)6)32(39)40-16-10-13-26(35)27(36)19-28(37)29(38)21-41-24-15-14-23-17-30(42-31(23)18-24)22-11-8-7-9-12-22/h7-9,11-12,14-15,17-18,20,26-29,35-38H,10,13,16,19,21H2,1-6H3/b25-20-. The topological polar surface area (TPSA) is 130 Å². The van der Waals surface area contributed by atoms with Crippen LogP contribution in [0.25, 0.3) is 22.3 Å². The van der Waals surface area contributed by atoms with E-state index < -0.39 is 30.4 Å². The third kappa shape index (κ3) is 9.98. The molecule has 4 atom stereocenters. The Labute approximate surface area is 248 Å². The van der Waals surface area contributed by atoms with Crippen LogP contribution in [0.5, 0.6) is 5.75 Å². The zero-order chi connectivity index (χ0) is 31.1. The van der Waals surface area contributed by atoms with E-state index in [9.17, 15) is 25.2 Å². The summed E-state index contributed by atoms with van der Waals surface area (Å²) in [7, 11) is 0. The number of rotatable bonds is 13. The molecular weight excluding hydrogens is 536 g/mol. The molecule has 0 fully saturated rings. The molecule has 230 valence electrons. The molecule has 42 heavy (non-hydrogen) atoms. The van der Waals surface area contributed by atoms with E-state index in [2.05, 4.69) is 0 Å².